The predicted molar refractivity (Wildman–Crippen MR) is 84.4 cm³/mol. The van der Waals surface area contributed by atoms with Crippen LogP contribution in [0.4, 0.5) is 0 Å². The van der Waals surface area contributed by atoms with Crippen LogP contribution < -0.4 is 0 Å². The van der Waals surface area contributed by atoms with Crippen molar-refractivity contribution in [2.24, 2.45) is 0 Å². The number of carbonyl (C=O) groups is 2. The second-order valence-corrected chi connectivity index (χ2v) is 4.61. The third-order valence-corrected chi connectivity index (χ3v) is 2.95. The quantitative estimate of drug-likeness (QED) is 0.270. The Morgan fingerprint density at radius 1 is 0.783 bits per heavy atom. The van der Waals surface area contributed by atoms with Gasteiger partial charge in [-0.1, -0.05) is 60.7 Å². The Morgan fingerprint density at radius 3 is 1.52 bits per heavy atom. The summed E-state index contributed by atoms with van der Waals surface area (Å²) in [6, 6.07) is 17.9. The topological polar surface area (TPSA) is 74.9 Å². The number of hydrogen-bond acceptors (Lipinski definition) is 4. The molecule has 2 rings (SSSR count). The lowest BCUT2D eigenvalue weighted by atomic mass is 10.2. The third-order valence-electron chi connectivity index (χ3n) is 2.95. The number of nitrogens with zero attached hydrogens (tertiary/aromatic N) is 1. The largest absolute Gasteiger partial charge is 0.762 e. The minimum Gasteiger partial charge on any atom is -0.762 e. The third kappa shape index (κ3) is 4.95. The zero-order chi connectivity index (χ0) is 16.5. The molecule has 5 heteroatoms. The van der Waals surface area contributed by atoms with E-state index in [9.17, 15) is 9.59 Å². The standard InChI is InChI=1S/C18H14NO4/c19-11-16(17(20)22-12-14-7-3-1-4-8-14)18(21)23-13-15-9-5-2-6-10-15/h1-10H,12-13H2/q-1. The minimum absolute atomic E-state index is 0.0170. The van der Waals surface area contributed by atoms with Crippen LogP contribution in [0.1, 0.15) is 11.1 Å². The van der Waals surface area contributed by atoms with E-state index in [0.717, 1.165) is 11.1 Å². The van der Waals surface area contributed by atoms with Crippen molar-refractivity contribution in [1.82, 2.24) is 0 Å². The van der Waals surface area contributed by atoms with E-state index in [4.69, 9.17) is 14.9 Å². The molecule has 2 aromatic rings. The van der Waals surface area contributed by atoms with E-state index in [1.807, 2.05) is 12.1 Å². The maximum atomic E-state index is 11.8. The molecule has 5 nitrogen and oxygen atoms in total. The van der Waals surface area contributed by atoms with Crippen LogP contribution in [0.25, 0.3) is 5.41 Å². The number of ether oxygens (including phenoxy) is 2. The van der Waals surface area contributed by atoms with Gasteiger partial charge in [0.1, 0.15) is 13.2 Å². The van der Waals surface area contributed by atoms with Crippen LogP contribution in [-0.2, 0) is 32.3 Å². The first-order valence-corrected chi connectivity index (χ1v) is 6.90. The maximum absolute atomic E-state index is 11.8. The van der Waals surface area contributed by atoms with Crippen LogP contribution in [0, 0.1) is 0 Å². The summed E-state index contributed by atoms with van der Waals surface area (Å²) in [6.45, 7) is -0.0341. The first-order valence-electron chi connectivity index (χ1n) is 6.90. The summed E-state index contributed by atoms with van der Waals surface area (Å²) >= 11 is 0. The van der Waals surface area contributed by atoms with Crippen molar-refractivity contribution < 1.29 is 19.1 Å². The fraction of sp³-hybridized carbons (Fsp3) is 0.111. The van der Waals surface area contributed by atoms with Crippen molar-refractivity contribution in [3.05, 3.63) is 82.8 Å². The summed E-state index contributed by atoms with van der Waals surface area (Å²) in [5.41, 5.74) is 0.850. The number of carbonyl (C=O) groups excluding carboxylic acids is 2. The molecule has 0 spiro atoms. The second-order valence-electron chi connectivity index (χ2n) is 4.61. The van der Waals surface area contributed by atoms with Crippen molar-refractivity contribution in [2.45, 2.75) is 13.2 Å². The van der Waals surface area contributed by atoms with E-state index in [-0.39, 0.29) is 13.2 Å². The highest BCUT2D eigenvalue weighted by atomic mass is 16.6. The van der Waals surface area contributed by atoms with E-state index in [0.29, 0.717) is 0 Å². The SMILES string of the molecule is [N-]=C=C(C(=O)OCc1ccccc1)C(=O)OCc1ccccc1. The van der Waals surface area contributed by atoms with Crippen LogP contribution >= 0.6 is 0 Å². The fourth-order valence-electron chi connectivity index (χ4n) is 1.77. The van der Waals surface area contributed by atoms with E-state index in [2.05, 4.69) is 0 Å². The summed E-state index contributed by atoms with van der Waals surface area (Å²) in [7, 11) is 0. The van der Waals surface area contributed by atoms with Crippen LogP contribution in [0.2, 0.25) is 0 Å². The molecule has 0 atom stereocenters. The number of hydrogen-bond donors (Lipinski definition) is 0. The minimum atomic E-state index is -0.991. The van der Waals surface area contributed by atoms with Gasteiger partial charge in [-0.25, -0.2) is 15.5 Å². The molecule has 23 heavy (non-hydrogen) atoms. The van der Waals surface area contributed by atoms with Crippen molar-refractivity contribution in [2.75, 3.05) is 0 Å². The lowest BCUT2D eigenvalue weighted by Gasteiger charge is -2.08. The van der Waals surface area contributed by atoms with Crippen molar-refractivity contribution in [3.8, 4) is 0 Å². The lowest BCUT2D eigenvalue weighted by molar-refractivity contribution is -0.148. The molecule has 0 fully saturated rings. The molecule has 0 saturated heterocycles. The first kappa shape index (κ1) is 16.2. The van der Waals surface area contributed by atoms with Crippen molar-refractivity contribution >= 4 is 17.8 Å². The molecule has 0 saturated carbocycles. The predicted octanol–water partition coefficient (Wildman–Crippen LogP) is 2.64. The van der Waals surface area contributed by atoms with Gasteiger partial charge < -0.3 is 14.9 Å². The molecule has 0 amide bonds. The van der Waals surface area contributed by atoms with Crippen LogP contribution in [0.15, 0.2) is 66.2 Å². The smallest absolute Gasteiger partial charge is 0.352 e. The van der Waals surface area contributed by atoms with E-state index < -0.39 is 17.5 Å². The van der Waals surface area contributed by atoms with Gasteiger partial charge in [0.25, 0.3) is 0 Å². The molecular weight excluding hydrogens is 294 g/mol. The molecule has 0 aliphatic carbocycles. The Kier molecular flexibility index (Phi) is 5.86. The molecule has 0 bridgehead atoms. The molecule has 0 aromatic heterocycles. The van der Waals surface area contributed by atoms with Crippen LogP contribution in [0.3, 0.4) is 0 Å². The fourth-order valence-corrected chi connectivity index (χ4v) is 1.77. The van der Waals surface area contributed by atoms with Crippen molar-refractivity contribution in [1.29, 1.82) is 0 Å². The Bertz CT molecular complexity index is 662. The number of rotatable bonds is 6. The molecule has 2 aromatic carbocycles. The number of benzene rings is 2. The zero-order valence-electron chi connectivity index (χ0n) is 12.3. The molecule has 0 unspecified atom stereocenters. The molecular formula is C18H14NO4-. The van der Waals surface area contributed by atoms with Gasteiger partial charge in [-0.3, -0.25) is 0 Å². The van der Waals surface area contributed by atoms with Gasteiger partial charge in [-0.15, -0.1) is 0 Å². The van der Waals surface area contributed by atoms with Gasteiger partial charge in [0, 0.05) is 0 Å². The highest BCUT2D eigenvalue weighted by Gasteiger charge is 2.19. The Balaban J connectivity index is 1.89. The van der Waals surface area contributed by atoms with E-state index in [1.54, 1.807) is 54.4 Å². The summed E-state index contributed by atoms with van der Waals surface area (Å²) < 4.78 is 9.91. The average Bonchev–Trinajstić information content (AvgIpc) is 2.60. The van der Waals surface area contributed by atoms with Gasteiger partial charge in [-0.05, 0) is 11.1 Å². The molecule has 0 aliphatic heterocycles. The van der Waals surface area contributed by atoms with E-state index in [1.165, 1.54) is 0 Å². The maximum Gasteiger partial charge on any atom is 0.352 e. The van der Waals surface area contributed by atoms with Crippen LogP contribution in [-0.4, -0.2) is 17.8 Å². The Hall–Kier alpha value is -3.17. The summed E-state index contributed by atoms with van der Waals surface area (Å²) in [5.74, 6) is -0.441. The van der Waals surface area contributed by atoms with Crippen LogP contribution in [0.5, 0.6) is 0 Å². The first-order chi connectivity index (χ1) is 11.2. The second kappa shape index (κ2) is 8.32. The van der Waals surface area contributed by atoms with Gasteiger partial charge in [0.2, 0.25) is 0 Å². The normalized spacial score (nSPS) is 9.57. The number of esters is 2. The molecule has 0 N–H and O–H groups in total. The zero-order valence-corrected chi connectivity index (χ0v) is 12.3. The van der Waals surface area contributed by atoms with Gasteiger partial charge in [-0.2, -0.15) is 0 Å². The summed E-state index contributed by atoms with van der Waals surface area (Å²) in [5, 5.41) is 8.97. The molecule has 116 valence electrons. The molecule has 0 heterocycles. The average molecular weight is 308 g/mol. The summed E-state index contributed by atoms with van der Waals surface area (Å²) in [6.07, 6.45) is 0. The van der Waals surface area contributed by atoms with Gasteiger partial charge >= 0.3 is 11.9 Å². The highest BCUT2D eigenvalue weighted by molar-refractivity contribution is 6.21. The highest BCUT2D eigenvalue weighted by Crippen LogP contribution is 2.07. The Labute approximate surface area is 133 Å². The van der Waals surface area contributed by atoms with Gasteiger partial charge in [0.15, 0.2) is 5.57 Å². The van der Waals surface area contributed by atoms with E-state index >= 15 is 0 Å². The lowest BCUT2D eigenvalue weighted by Crippen LogP contribution is -2.18. The van der Waals surface area contributed by atoms with Crippen molar-refractivity contribution in [3.63, 3.8) is 0 Å². The monoisotopic (exact) mass is 308 g/mol. The molecule has 0 radical (unpaired) electrons. The summed E-state index contributed by atoms with van der Waals surface area (Å²) in [4.78, 5) is 23.6. The Morgan fingerprint density at radius 2 is 1.17 bits per heavy atom. The molecule has 0 aliphatic rings. The van der Waals surface area contributed by atoms with Gasteiger partial charge in [0.05, 0.1) is 0 Å².